The Hall–Kier alpha value is -1.94. The smallest absolute Gasteiger partial charge is 0.160 e. The zero-order valence-electron chi connectivity index (χ0n) is 11.3. The number of halogens is 1. The summed E-state index contributed by atoms with van der Waals surface area (Å²) in [6.45, 7) is 2.85. The maximum absolute atomic E-state index is 6.01. The van der Waals surface area contributed by atoms with E-state index in [0.29, 0.717) is 5.88 Å². The van der Waals surface area contributed by atoms with Crippen LogP contribution in [0.5, 0.6) is 0 Å². The standard InChI is InChI=1S/C15H15ClN4/c1-11-4-7-18-15-14(11)19-13(9-16)20(15)8-5-12-3-2-6-17-10-12/h2-4,6-7,10H,5,8-9H2,1H3. The van der Waals surface area contributed by atoms with Gasteiger partial charge in [-0.15, -0.1) is 11.6 Å². The molecule has 5 heteroatoms. The average molecular weight is 287 g/mol. The minimum atomic E-state index is 0.392. The number of rotatable bonds is 4. The monoisotopic (exact) mass is 286 g/mol. The molecule has 0 aromatic carbocycles. The molecular formula is C15H15ClN4. The number of fused-ring (bicyclic) bond motifs is 1. The van der Waals surface area contributed by atoms with E-state index < -0.39 is 0 Å². The maximum atomic E-state index is 6.01. The van der Waals surface area contributed by atoms with Crippen LogP contribution in [0, 0.1) is 6.92 Å². The maximum Gasteiger partial charge on any atom is 0.160 e. The second-order valence-corrected chi connectivity index (χ2v) is 4.99. The Morgan fingerprint density at radius 2 is 2.15 bits per heavy atom. The van der Waals surface area contributed by atoms with Gasteiger partial charge in [0, 0.05) is 25.1 Å². The van der Waals surface area contributed by atoms with Crippen molar-refractivity contribution in [3.05, 3.63) is 53.7 Å². The zero-order chi connectivity index (χ0) is 13.9. The predicted molar refractivity (Wildman–Crippen MR) is 79.8 cm³/mol. The third kappa shape index (κ3) is 2.39. The summed E-state index contributed by atoms with van der Waals surface area (Å²) in [6.07, 6.45) is 6.38. The highest BCUT2D eigenvalue weighted by Gasteiger charge is 2.12. The van der Waals surface area contributed by atoms with Crippen molar-refractivity contribution in [2.75, 3.05) is 0 Å². The fourth-order valence-corrected chi connectivity index (χ4v) is 2.51. The highest BCUT2D eigenvalue weighted by atomic mass is 35.5. The molecule has 0 spiro atoms. The first-order valence-corrected chi connectivity index (χ1v) is 7.08. The van der Waals surface area contributed by atoms with Crippen LogP contribution in [0.1, 0.15) is 17.0 Å². The van der Waals surface area contributed by atoms with Crippen molar-refractivity contribution < 1.29 is 0 Å². The van der Waals surface area contributed by atoms with Crippen molar-refractivity contribution in [2.45, 2.75) is 25.8 Å². The van der Waals surface area contributed by atoms with Crippen LogP contribution in [0.3, 0.4) is 0 Å². The van der Waals surface area contributed by atoms with E-state index in [-0.39, 0.29) is 0 Å². The van der Waals surface area contributed by atoms with Gasteiger partial charge in [0.2, 0.25) is 0 Å². The minimum absolute atomic E-state index is 0.392. The van der Waals surface area contributed by atoms with Crippen molar-refractivity contribution in [3.8, 4) is 0 Å². The molecular weight excluding hydrogens is 272 g/mol. The molecule has 0 amide bonds. The average Bonchev–Trinajstić information content (AvgIpc) is 2.85. The number of alkyl halides is 1. The third-order valence-corrected chi connectivity index (χ3v) is 3.62. The normalized spacial score (nSPS) is 11.1. The van der Waals surface area contributed by atoms with Gasteiger partial charge in [-0.05, 0) is 36.6 Å². The molecule has 3 aromatic heterocycles. The van der Waals surface area contributed by atoms with Crippen molar-refractivity contribution in [3.63, 3.8) is 0 Å². The number of imidazole rings is 1. The number of hydrogen-bond donors (Lipinski definition) is 0. The topological polar surface area (TPSA) is 43.6 Å². The zero-order valence-corrected chi connectivity index (χ0v) is 12.0. The van der Waals surface area contributed by atoms with Crippen molar-refractivity contribution in [1.29, 1.82) is 0 Å². The molecule has 0 atom stereocenters. The Balaban J connectivity index is 1.96. The Morgan fingerprint density at radius 3 is 2.90 bits per heavy atom. The van der Waals surface area contributed by atoms with Crippen LogP contribution in [0.25, 0.3) is 11.2 Å². The molecule has 0 N–H and O–H groups in total. The van der Waals surface area contributed by atoms with E-state index >= 15 is 0 Å². The molecule has 0 aliphatic rings. The molecule has 3 heterocycles. The van der Waals surface area contributed by atoms with E-state index in [0.717, 1.165) is 35.5 Å². The van der Waals surface area contributed by atoms with Gasteiger partial charge in [0.25, 0.3) is 0 Å². The SMILES string of the molecule is Cc1ccnc2c1nc(CCl)n2CCc1cccnc1. The number of aromatic nitrogens is 4. The molecule has 0 bridgehead atoms. The van der Waals surface area contributed by atoms with Gasteiger partial charge < -0.3 is 4.57 Å². The number of pyridine rings is 2. The van der Waals surface area contributed by atoms with Crippen LogP contribution in [0.15, 0.2) is 36.8 Å². The van der Waals surface area contributed by atoms with Gasteiger partial charge in [-0.3, -0.25) is 4.98 Å². The van der Waals surface area contributed by atoms with Crippen molar-refractivity contribution >= 4 is 22.8 Å². The lowest BCUT2D eigenvalue weighted by Crippen LogP contribution is -2.06. The molecule has 0 saturated heterocycles. The summed E-state index contributed by atoms with van der Waals surface area (Å²) in [6, 6.07) is 6.00. The Bertz CT molecular complexity index is 721. The van der Waals surface area contributed by atoms with Crippen LogP contribution in [-0.2, 0) is 18.8 Å². The highest BCUT2D eigenvalue weighted by Crippen LogP contribution is 2.19. The second kappa shape index (κ2) is 5.59. The first kappa shape index (κ1) is 13.1. The van der Waals surface area contributed by atoms with Gasteiger partial charge in [0.05, 0.1) is 5.88 Å². The second-order valence-electron chi connectivity index (χ2n) is 4.72. The van der Waals surface area contributed by atoms with E-state index in [9.17, 15) is 0 Å². The van der Waals surface area contributed by atoms with E-state index in [1.807, 2.05) is 31.5 Å². The quantitative estimate of drug-likeness (QED) is 0.692. The number of hydrogen-bond acceptors (Lipinski definition) is 3. The van der Waals surface area contributed by atoms with Crippen LogP contribution in [0.2, 0.25) is 0 Å². The van der Waals surface area contributed by atoms with Gasteiger partial charge in [0.15, 0.2) is 5.65 Å². The summed E-state index contributed by atoms with van der Waals surface area (Å²) in [7, 11) is 0. The number of nitrogens with zero attached hydrogens (tertiary/aromatic N) is 4. The first-order valence-electron chi connectivity index (χ1n) is 6.55. The van der Waals surface area contributed by atoms with Gasteiger partial charge in [-0.2, -0.15) is 0 Å². The van der Waals surface area contributed by atoms with E-state index in [1.54, 1.807) is 6.20 Å². The molecule has 0 unspecified atom stereocenters. The lowest BCUT2D eigenvalue weighted by atomic mass is 10.2. The summed E-state index contributed by atoms with van der Waals surface area (Å²) in [4.78, 5) is 13.2. The van der Waals surface area contributed by atoms with Crippen molar-refractivity contribution in [2.24, 2.45) is 0 Å². The van der Waals surface area contributed by atoms with E-state index in [1.165, 1.54) is 5.56 Å². The van der Waals surface area contributed by atoms with E-state index in [2.05, 4.69) is 25.6 Å². The molecule has 0 radical (unpaired) electrons. The Kier molecular flexibility index (Phi) is 3.65. The molecule has 0 saturated carbocycles. The van der Waals surface area contributed by atoms with E-state index in [4.69, 9.17) is 11.6 Å². The van der Waals surface area contributed by atoms with Crippen LogP contribution >= 0.6 is 11.6 Å². The molecule has 4 nitrogen and oxygen atoms in total. The molecule has 0 fully saturated rings. The van der Waals surface area contributed by atoms with Crippen LogP contribution in [-0.4, -0.2) is 19.5 Å². The van der Waals surface area contributed by atoms with Gasteiger partial charge in [0.1, 0.15) is 11.3 Å². The summed E-state index contributed by atoms with van der Waals surface area (Å²) < 4.78 is 2.10. The Labute approximate surface area is 122 Å². The highest BCUT2D eigenvalue weighted by molar-refractivity contribution is 6.16. The lowest BCUT2D eigenvalue weighted by molar-refractivity contribution is 0.681. The van der Waals surface area contributed by atoms with Crippen LogP contribution in [0.4, 0.5) is 0 Å². The van der Waals surface area contributed by atoms with Gasteiger partial charge in [-0.25, -0.2) is 9.97 Å². The molecule has 3 aromatic rings. The van der Waals surface area contributed by atoms with Crippen LogP contribution < -0.4 is 0 Å². The van der Waals surface area contributed by atoms with Gasteiger partial charge in [-0.1, -0.05) is 6.07 Å². The molecule has 0 aliphatic heterocycles. The summed E-state index contributed by atoms with van der Waals surface area (Å²) in [5.41, 5.74) is 4.17. The summed E-state index contributed by atoms with van der Waals surface area (Å²) in [5.74, 6) is 1.26. The molecule has 0 aliphatic carbocycles. The predicted octanol–water partition coefficient (Wildman–Crippen LogP) is 3.12. The summed E-state index contributed by atoms with van der Waals surface area (Å²) in [5, 5.41) is 0. The lowest BCUT2D eigenvalue weighted by Gasteiger charge is -2.07. The fraction of sp³-hybridized carbons (Fsp3) is 0.267. The van der Waals surface area contributed by atoms with Crippen molar-refractivity contribution in [1.82, 2.24) is 19.5 Å². The summed E-state index contributed by atoms with van der Waals surface area (Å²) >= 11 is 6.01. The largest absolute Gasteiger partial charge is 0.311 e. The van der Waals surface area contributed by atoms with Gasteiger partial charge >= 0.3 is 0 Å². The first-order chi connectivity index (χ1) is 9.79. The fourth-order valence-electron chi connectivity index (χ4n) is 2.31. The molecule has 102 valence electrons. The third-order valence-electron chi connectivity index (χ3n) is 3.38. The Morgan fingerprint density at radius 1 is 1.25 bits per heavy atom. The number of aryl methyl sites for hydroxylation is 3. The minimum Gasteiger partial charge on any atom is -0.311 e. The molecule has 3 rings (SSSR count). The molecule has 20 heavy (non-hydrogen) atoms.